The molecule has 1 fully saturated rings. The van der Waals surface area contributed by atoms with Gasteiger partial charge in [0.05, 0.1) is 15.6 Å². The first-order valence-electron chi connectivity index (χ1n) is 9.12. The van der Waals surface area contributed by atoms with E-state index in [1.807, 2.05) is 0 Å². The molecule has 4 nitrogen and oxygen atoms in total. The molecule has 1 heterocycles. The second kappa shape index (κ2) is 7.33. The minimum absolute atomic E-state index is 0.127. The average Bonchev–Trinajstić information content (AvgIpc) is 3.36. The number of nitrogens with zero attached hydrogens (tertiary/aromatic N) is 1. The van der Waals surface area contributed by atoms with Crippen LogP contribution in [0.15, 0.2) is 47.4 Å². The summed E-state index contributed by atoms with van der Waals surface area (Å²) < 4.78 is 36.9. The Bertz CT molecular complexity index is 1120. The van der Waals surface area contributed by atoms with Crippen LogP contribution in [0.1, 0.15) is 29.7 Å². The third-order valence-electron chi connectivity index (χ3n) is 5.04. The standard InChI is InChI=1S/C21H20ClFN2O2S/c1-28(26,27)20-9-4-14(11-18(20)22)10-17-19(12-13-2-3-13)24-25-21(17)15-5-7-16(23)8-6-15/h4-9,11,13H,2-3,10,12H2,1H3,(H,24,25). The Morgan fingerprint density at radius 3 is 2.50 bits per heavy atom. The van der Waals surface area contributed by atoms with E-state index < -0.39 is 9.84 Å². The molecule has 3 aromatic rings. The van der Waals surface area contributed by atoms with E-state index in [0.717, 1.165) is 40.8 Å². The topological polar surface area (TPSA) is 62.8 Å². The smallest absolute Gasteiger partial charge is 0.176 e. The predicted molar refractivity (Wildman–Crippen MR) is 108 cm³/mol. The summed E-state index contributed by atoms with van der Waals surface area (Å²) in [5.41, 5.74) is 4.65. The molecule has 0 aliphatic heterocycles. The maximum atomic E-state index is 13.3. The second-order valence-corrected chi connectivity index (χ2v) is 9.79. The average molecular weight is 419 g/mol. The summed E-state index contributed by atoms with van der Waals surface area (Å²) in [6, 6.07) is 11.3. The Hall–Kier alpha value is -2.18. The fraction of sp³-hybridized carbons (Fsp3) is 0.286. The summed E-state index contributed by atoms with van der Waals surface area (Å²) in [4.78, 5) is 0.127. The molecule has 0 atom stereocenters. The van der Waals surface area contributed by atoms with Crippen LogP contribution in [-0.4, -0.2) is 24.9 Å². The molecular weight excluding hydrogens is 399 g/mol. The van der Waals surface area contributed by atoms with E-state index in [1.165, 1.54) is 25.0 Å². The highest BCUT2D eigenvalue weighted by Crippen LogP contribution is 2.36. The SMILES string of the molecule is CS(=O)(=O)c1ccc(Cc2c(-c3ccc(F)cc3)n[nH]c2CC2CC2)cc1Cl. The molecule has 146 valence electrons. The molecular formula is C21H20ClFN2O2S. The van der Waals surface area contributed by atoms with Crippen molar-refractivity contribution in [2.45, 2.75) is 30.6 Å². The molecule has 7 heteroatoms. The van der Waals surface area contributed by atoms with Gasteiger partial charge < -0.3 is 0 Å². The fourth-order valence-electron chi connectivity index (χ4n) is 3.38. The van der Waals surface area contributed by atoms with E-state index >= 15 is 0 Å². The highest BCUT2D eigenvalue weighted by atomic mass is 35.5. The van der Waals surface area contributed by atoms with Crippen LogP contribution < -0.4 is 0 Å². The van der Waals surface area contributed by atoms with Crippen LogP contribution in [0.5, 0.6) is 0 Å². The van der Waals surface area contributed by atoms with E-state index in [-0.39, 0.29) is 15.7 Å². The van der Waals surface area contributed by atoms with E-state index in [0.29, 0.717) is 12.3 Å². The molecule has 4 rings (SSSR count). The lowest BCUT2D eigenvalue weighted by molar-refractivity contribution is 0.602. The number of aromatic nitrogens is 2. The molecule has 1 aromatic heterocycles. The van der Waals surface area contributed by atoms with Gasteiger partial charge >= 0.3 is 0 Å². The number of sulfone groups is 1. The number of halogens is 2. The van der Waals surface area contributed by atoms with Gasteiger partial charge in [0.2, 0.25) is 0 Å². The zero-order valence-electron chi connectivity index (χ0n) is 15.4. The lowest BCUT2D eigenvalue weighted by atomic mass is 9.97. The number of benzene rings is 2. The number of hydrogen-bond donors (Lipinski definition) is 1. The van der Waals surface area contributed by atoms with Crippen molar-refractivity contribution < 1.29 is 12.8 Å². The molecule has 0 spiro atoms. The molecule has 1 N–H and O–H groups in total. The van der Waals surface area contributed by atoms with Gasteiger partial charge in [-0.25, -0.2) is 12.8 Å². The van der Waals surface area contributed by atoms with Crippen molar-refractivity contribution in [3.05, 3.63) is 70.1 Å². The van der Waals surface area contributed by atoms with E-state index in [9.17, 15) is 12.8 Å². The summed E-state index contributed by atoms with van der Waals surface area (Å²) in [6.07, 6.45) is 5.08. The van der Waals surface area contributed by atoms with Gasteiger partial charge in [0, 0.05) is 29.5 Å². The van der Waals surface area contributed by atoms with Crippen LogP contribution >= 0.6 is 11.6 Å². The molecule has 0 unspecified atom stereocenters. The van der Waals surface area contributed by atoms with Gasteiger partial charge in [-0.1, -0.05) is 17.7 Å². The molecule has 1 saturated carbocycles. The number of H-pyrrole nitrogens is 1. The first kappa shape index (κ1) is 19.2. The second-order valence-electron chi connectivity index (χ2n) is 7.40. The minimum atomic E-state index is -3.37. The Morgan fingerprint density at radius 2 is 1.89 bits per heavy atom. The molecule has 28 heavy (non-hydrogen) atoms. The Morgan fingerprint density at radius 1 is 1.18 bits per heavy atom. The number of rotatable bonds is 6. The largest absolute Gasteiger partial charge is 0.282 e. The summed E-state index contributed by atoms with van der Waals surface area (Å²) in [5.74, 6) is 0.388. The minimum Gasteiger partial charge on any atom is -0.282 e. The summed E-state index contributed by atoms with van der Waals surface area (Å²) in [7, 11) is -3.37. The highest BCUT2D eigenvalue weighted by Gasteiger charge is 2.25. The van der Waals surface area contributed by atoms with Crippen LogP contribution in [0, 0.1) is 11.7 Å². The Kier molecular flexibility index (Phi) is 5.02. The molecule has 2 aromatic carbocycles. The maximum absolute atomic E-state index is 13.3. The lowest BCUT2D eigenvalue weighted by Gasteiger charge is -2.09. The number of aromatic amines is 1. The molecule has 0 bridgehead atoms. The quantitative estimate of drug-likeness (QED) is 0.624. The lowest BCUT2D eigenvalue weighted by Crippen LogP contribution is -2.00. The normalized spacial score (nSPS) is 14.4. The number of hydrogen-bond acceptors (Lipinski definition) is 3. The van der Waals surface area contributed by atoms with E-state index in [1.54, 1.807) is 30.3 Å². The highest BCUT2D eigenvalue weighted by molar-refractivity contribution is 7.90. The summed E-state index contributed by atoms with van der Waals surface area (Å²) >= 11 is 6.22. The Labute approximate surface area is 168 Å². The van der Waals surface area contributed by atoms with Crippen molar-refractivity contribution in [3.8, 4) is 11.3 Å². The van der Waals surface area contributed by atoms with Gasteiger partial charge in [-0.2, -0.15) is 5.10 Å². The van der Waals surface area contributed by atoms with Gasteiger partial charge in [-0.3, -0.25) is 5.10 Å². The van der Waals surface area contributed by atoms with Gasteiger partial charge in [-0.15, -0.1) is 0 Å². The molecule has 0 radical (unpaired) electrons. The third-order valence-corrected chi connectivity index (χ3v) is 6.62. The first-order chi connectivity index (χ1) is 13.3. The third kappa shape index (κ3) is 4.13. The van der Waals surface area contributed by atoms with Crippen molar-refractivity contribution in [2.75, 3.05) is 6.26 Å². The van der Waals surface area contributed by atoms with Gasteiger partial charge in [0.1, 0.15) is 5.82 Å². The van der Waals surface area contributed by atoms with Crippen LogP contribution in [-0.2, 0) is 22.7 Å². The van der Waals surface area contributed by atoms with Crippen LogP contribution in [0.25, 0.3) is 11.3 Å². The molecule has 0 amide bonds. The molecule has 1 aliphatic carbocycles. The first-order valence-corrected chi connectivity index (χ1v) is 11.4. The zero-order chi connectivity index (χ0) is 19.9. The van der Waals surface area contributed by atoms with Crippen LogP contribution in [0.2, 0.25) is 5.02 Å². The van der Waals surface area contributed by atoms with Crippen LogP contribution in [0.3, 0.4) is 0 Å². The molecule has 0 saturated heterocycles. The van der Waals surface area contributed by atoms with E-state index in [4.69, 9.17) is 11.6 Å². The van der Waals surface area contributed by atoms with Crippen molar-refractivity contribution in [1.29, 1.82) is 0 Å². The van der Waals surface area contributed by atoms with Crippen molar-refractivity contribution >= 4 is 21.4 Å². The van der Waals surface area contributed by atoms with E-state index in [2.05, 4.69) is 10.2 Å². The van der Waals surface area contributed by atoms with Crippen molar-refractivity contribution in [1.82, 2.24) is 10.2 Å². The van der Waals surface area contributed by atoms with Crippen molar-refractivity contribution in [2.24, 2.45) is 5.92 Å². The zero-order valence-corrected chi connectivity index (χ0v) is 16.9. The van der Waals surface area contributed by atoms with Crippen molar-refractivity contribution in [3.63, 3.8) is 0 Å². The molecule has 1 aliphatic rings. The predicted octanol–water partition coefficient (Wildman–Crippen LogP) is 4.82. The van der Waals surface area contributed by atoms with Crippen LogP contribution in [0.4, 0.5) is 4.39 Å². The fourth-order valence-corrected chi connectivity index (χ4v) is 4.73. The summed E-state index contributed by atoms with van der Waals surface area (Å²) in [6.45, 7) is 0. The van der Waals surface area contributed by atoms with Gasteiger partial charge in [-0.05, 0) is 67.1 Å². The van der Waals surface area contributed by atoms with Gasteiger partial charge in [0.15, 0.2) is 9.84 Å². The number of nitrogens with one attached hydrogen (secondary N) is 1. The van der Waals surface area contributed by atoms with Gasteiger partial charge in [0.25, 0.3) is 0 Å². The monoisotopic (exact) mass is 418 g/mol. The Balaban J connectivity index is 1.72. The summed E-state index contributed by atoms with van der Waals surface area (Å²) in [5, 5.41) is 7.87. The maximum Gasteiger partial charge on any atom is 0.176 e.